The topological polar surface area (TPSA) is 84.5 Å². The van der Waals surface area contributed by atoms with Crippen LogP contribution in [0.2, 0.25) is 0 Å². The summed E-state index contributed by atoms with van der Waals surface area (Å²) in [7, 11) is 1.37. The summed E-state index contributed by atoms with van der Waals surface area (Å²) < 4.78 is 10.1. The van der Waals surface area contributed by atoms with Crippen LogP contribution in [-0.4, -0.2) is 60.2 Å². The molecule has 134 valence electrons. The van der Waals surface area contributed by atoms with Crippen molar-refractivity contribution in [2.24, 2.45) is 0 Å². The highest BCUT2D eigenvalue weighted by molar-refractivity contribution is 7.10. The Morgan fingerprint density at radius 3 is 2.76 bits per heavy atom. The molecule has 1 fully saturated rings. The van der Waals surface area contributed by atoms with Gasteiger partial charge in [-0.1, -0.05) is 0 Å². The van der Waals surface area contributed by atoms with E-state index in [9.17, 15) is 9.59 Å². The van der Waals surface area contributed by atoms with Crippen molar-refractivity contribution in [3.05, 3.63) is 27.2 Å². The van der Waals surface area contributed by atoms with Crippen molar-refractivity contribution in [3.8, 4) is 11.4 Å². The largest absolute Gasteiger partial charge is 0.465 e. The molecule has 2 aromatic rings. The second-order valence-electron chi connectivity index (χ2n) is 5.91. The van der Waals surface area contributed by atoms with E-state index in [2.05, 4.69) is 9.97 Å². The van der Waals surface area contributed by atoms with E-state index in [1.165, 1.54) is 18.4 Å². The number of nitrogens with one attached hydrogen (secondary N) is 1. The Balaban J connectivity index is 1.77. The molecule has 3 heterocycles. The monoisotopic (exact) mass is 363 g/mol. The van der Waals surface area contributed by atoms with E-state index in [1.54, 1.807) is 0 Å². The molecule has 25 heavy (non-hydrogen) atoms. The Labute approximate surface area is 150 Å². The summed E-state index contributed by atoms with van der Waals surface area (Å²) in [6.45, 7) is 6.14. The summed E-state index contributed by atoms with van der Waals surface area (Å²) in [4.78, 5) is 33.8. The summed E-state index contributed by atoms with van der Waals surface area (Å²) in [5.74, 6) is -0.297. The molecule has 0 spiro atoms. The van der Waals surface area contributed by atoms with Gasteiger partial charge in [0.25, 0.3) is 0 Å². The first kappa shape index (κ1) is 17.6. The summed E-state index contributed by atoms with van der Waals surface area (Å²) in [5.41, 5.74) is 3.63. The quantitative estimate of drug-likeness (QED) is 0.839. The minimum Gasteiger partial charge on any atom is -0.465 e. The van der Waals surface area contributed by atoms with Gasteiger partial charge in [-0.3, -0.25) is 4.79 Å². The van der Waals surface area contributed by atoms with Crippen LogP contribution in [-0.2, 0) is 20.7 Å². The van der Waals surface area contributed by atoms with Crippen molar-refractivity contribution in [2.75, 3.05) is 33.4 Å². The fraction of sp³-hybridized carbons (Fsp3) is 0.471. The van der Waals surface area contributed by atoms with Gasteiger partial charge in [0.05, 0.1) is 43.7 Å². The number of hydrogen-bond donors (Lipinski definition) is 1. The Bertz CT molecular complexity index is 790. The number of morpholine rings is 1. The number of aromatic amines is 1. The highest BCUT2D eigenvalue weighted by Crippen LogP contribution is 2.29. The maximum Gasteiger partial charge on any atom is 0.339 e. The van der Waals surface area contributed by atoms with E-state index in [0.717, 1.165) is 27.7 Å². The van der Waals surface area contributed by atoms with Crippen molar-refractivity contribution >= 4 is 23.2 Å². The van der Waals surface area contributed by atoms with Gasteiger partial charge in [-0.25, -0.2) is 9.78 Å². The van der Waals surface area contributed by atoms with E-state index >= 15 is 0 Å². The molecular weight excluding hydrogens is 342 g/mol. The van der Waals surface area contributed by atoms with Crippen molar-refractivity contribution in [1.82, 2.24) is 14.9 Å². The summed E-state index contributed by atoms with van der Waals surface area (Å²) >= 11 is 1.45. The molecule has 8 heteroatoms. The zero-order valence-corrected chi connectivity index (χ0v) is 15.4. The van der Waals surface area contributed by atoms with Crippen LogP contribution in [0.3, 0.4) is 0 Å². The first-order chi connectivity index (χ1) is 12.0. The third-order valence-corrected chi connectivity index (χ3v) is 5.15. The number of nitrogens with zero attached hydrogens (tertiary/aromatic N) is 2. The maximum absolute atomic E-state index is 12.3. The van der Waals surface area contributed by atoms with Crippen LogP contribution in [0.15, 0.2) is 5.38 Å². The molecule has 7 nitrogen and oxygen atoms in total. The molecule has 0 bridgehead atoms. The molecule has 0 radical (unpaired) electrons. The van der Waals surface area contributed by atoms with Crippen LogP contribution in [0.4, 0.5) is 0 Å². The van der Waals surface area contributed by atoms with Gasteiger partial charge >= 0.3 is 5.97 Å². The number of thiazole rings is 1. The molecule has 1 amide bonds. The van der Waals surface area contributed by atoms with E-state index in [1.807, 2.05) is 24.1 Å². The molecule has 2 aromatic heterocycles. The van der Waals surface area contributed by atoms with E-state index in [-0.39, 0.29) is 18.3 Å². The number of aromatic nitrogens is 2. The smallest absolute Gasteiger partial charge is 0.339 e. The highest BCUT2D eigenvalue weighted by atomic mass is 32.1. The normalized spacial score (nSPS) is 14.6. The molecule has 1 N–H and O–H groups in total. The third kappa shape index (κ3) is 3.59. The summed E-state index contributed by atoms with van der Waals surface area (Å²) in [5, 5.41) is 2.67. The van der Waals surface area contributed by atoms with Crippen molar-refractivity contribution in [1.29, 1.82) is 0 Å². The van der Waals surface area contributed by atoms with Crippen LogP contribution in [0.25, 0.3) is 11.4 Å². The zero-order valence-electron chi connectivity index (χ0n) is 14.5. The lowest BCUT2D eigenvalue weighted by Gasteiger charge is -2.26. The molecule has 1 aliphatic heterocycles. The zero-order chi connectivity index (χ0) is 18.0. The molecule has 1 saturated heterocycles. The second kappa shape index (κ2) is 7.37. The molecule has 3 rings (SSSR count). The molecule has 0 unspecified atom stereocenters. The van der Waals surface area contributed by atoms with Gasteiger partial charge < -0.3 is 19.4 Å². The number of amides is 1. The Morgan fingerprint density at radius 2 is 2.08 bits per heavy atom. The van der Waals surface area contributed by atoms with Crippen LogP contribution in [0, 0.1) is 13.8 Å². The average molecular weight is 363 g/mol. The third-order valence-electron chi connectivity index (χ3n) is 4.30. The van der Waals surface area contributed by atoms with Crippen LogP contribution in [0.1, 0.15) is 26.6 Å². The number of methoxy groups -OCH3 is 1. The molecule has 1 aliphatic rings. The summed E-state index contributed by atoms with van der Waals surface area (Å²) in [6.07, 6.45) is 0.285. The van der Waals surface area contributed by atoms with Gasteiger partial charge in [-0.15, -0.1) is 11.3 Å². The fourth-order valence-corrected chi connectivity index (χ4v) is 3.75. The number of hydrogen-bond acceptors (Lipinski definition) is 6. The van der Waals surface area contributed by atoms with Gasteiger partial charge in [-0.2, -0.15) is 0 Å². The van der Waals surface area contributed by atoms with Crippen LogP contribution >= 0.6 is 11.3 Å². The predicted molar refractivity (Wildman–Crippen MR) is 93.8 cm³/mol. The Hall–Kier alpha value is -2.19. The summed E-state index contributed by atoms with van der Waals surface area (Å²) in [6, 6.07) is 0. The van der Waals surface area contributed by atoms with E-state index < -0.39 is 0 Å². The lowest BCUT2D eigenvalue weighted by molar-refractivity contribution is -0.134. The van der Waals surface area contributed by atoms with Crippen molar-refractivity contribution in [2.45, 2.75) is 20.3 Å². The number of rotatable bonds is 4. The molecule has 0 saturated carbocycles. The van der Waals surface area contributed by atoms with Gasteiger partial charge in [0.15, 0.2) is 0 Å². The Morgan fingerprint density at radius 1 is 1.36 bits per heavy atom. The number of carbonyl (C=O) groups excluding carboxylic acids is 2. The number of ether oxygens (including phenoxy) is 2. The number of esters is 1. The Kier molecular flexibility index (Phi) is 5.19. The molecule has 0 aromatic carbocycles. The van der Waals surface area contributed by atoms with Crippen molar-refractivity contribution < 1.29 is 19.1 Å². The van der Waals surface area contributed by atoms with Gasteiger partial charge in [-0.05, 0) is 19.4 Å². The molecular formula is C17H21N3O4S. The molecule has 0 atom stereocenters. The van der Waals surface area contributed by atoms with Crippen molar-refractivity contribution in [3.63, 3.8) is 0 Å². The average Bonchev–Trinajstić information content (AvgIpc) is 3.19. The predicted octanol–water partition coefficient (Wildman–Crippen LogP) is 1.94. The first-order valence-electron chi connectivity index (χ1n) is 8.09. The minimum atomic E-state index is -0.365. The van der Waals surface area contributed by atoms with Gasteiger partial charge in [0.1, 0.15) is 5.01 Å². The van der Waals surface area contributed by atoms with Crippen LogP contribution in [0.5, 0.6) is 0 Å². The highest BCUT2D eigenvalue weighted by Gasteiger charge is 2.22. The maximum atomic E-state index is 12.3. The lowest BCUT2D eigenvalue weighted by Crippen LogP contribution is -2.41. The van der Waals surface area contributed by atoms with E-state index in [0.29, 0.717) is 31.9 Å². The van der Waals surface area contributed by atoms with Gasteiger partial charge in [0, 0.05) is 24.2 Å². The first-order valence-corrected chi connectivity index (χ1v) is 8.97. The van der Waals surface area contributed by atoms with Crippen LogP contribution < -0.4 is 0 Å². The number of aryl methyl sites for hydroxylation is 1. The second-order valence-corrected chi connectivity index (χ2v) is 6.86. The number of H-pyrrole nitrogens is 1. The lowest BCUT2D eigenvalue weighted by atomic mass is 10.1. The minimum absolute atomic E-state index is 0.0684. The SMILES string of the molecule is COC(=O)c1c(C)[nH]c(-c2csc(CC(=O)N3CCOCC3)n2)c1C. The fourth-order valence-electron chi connectivity index (χ4n) is 2.98. The van der Waals surface area contributed by atoms with E-state index in [4.69, 9.17) is 9.47 Å². The standard InChI is InChI=1S/C17H21N3O4S/c1-10-15(17(22)23-3)11(2)18-16(10)12-9-25-13(19-12)8-14(21)20-4-6-24-7-5-20/h9,18H,4-8H2,1-3H3. The van der Waals surface area contributed by atoms with Gasteiger partial charge in [0.2, 0.25) is 5.91 Å². The molecule has 0 aliphatic carbocycles. The number of carbonyl (C=O) groups is 2.